The zero-order valence-corrected chi connectivity index (χ0v) is 13.7. The average Bonchev–Trinajstić information content (AvgIpc) is 2.56. The van der Waals surface area contributed by atoms with Gasteiger partial charge in [-0.1, -0.05) is 6.07 Å². The first-order valence-corrected chi connectivity index (χ1v) is 7.53. The number of aliphatic hydroxyl groups is 2. The minimum absolute atomic E-state index is 0.0674. The van der Waals surface area contributed by atoms with Crippen molar-refractivity contribution in [2.75, 3.05) is 7.11 Å². The maximum Gasteiger partial charge on any atom is 0.335 e. The molecule has 1 heterocycles. The lowest BCUT2D eigenvalue weighted by atomic mass is 10.0. The first-order chi connectivity index (χ1) is 11.8. The molecule has 0 spiro atoms. The number of carbonyl (C=O) groups is 2. The molecule has 0 bridgehead atoms. The molecule has 4 atom stereocenters. The molecule has 1 aromatic carbocycles. The van der Waals surface area contributed by atoms with Gasteiger partial charge in [0.15, 0.2) is 17.6 Å². The van der Waals surface area contributed by atoms with Gasteiger partial charge in [0.2, 0.25) is 6.29 Å². The molecule has 1 saturated heterocycles. The van der Waals surface area contributed by atoms with E-state index in [9.17, 15) is 19.8 Å². The van der Waals surface area contributed by atoms with Gasteiger partial charge >= 0.3 is 11.9 Å². The highest BCUT2D eigenvalue weighted by Gasteiger charge is 2.42. The number of aliphatic hydroxyl groups excluding tert-OH is 2. The minimum atomic E-state index is -1.59. The van der Waals surface area contributed by atoms with Crippen LogP contribution in [0.4, 0.5) is 0 Å². The van der Waals surface area contributed by atoms with E-state index in [0.29, 0.717) is 11.3 Å². The van der Waals surface area contributed by atoms with Crippen molar-refractivity contribution in [1.29, 1.82) is 0 Å². The first kappa shape index (κ1) is 19.0. The highest BCUT2D eigenvalue weighted by molar-refractivity contribution is 5.73. The number of carboxylic acids is 1. The summed E-state index contributed by atoms with van der Waals surface area (Å²) in [6, 6.07) is 4.79. The van der Waals surface area contributed by atoms with Gasteiger partial charge in [-0.3, -0.25) is 4.79 Å². The number of carboxylic acid groups (broad SMARTS) is 1. The van der Waals surface area contributed by atoms with Crippen LogP contribution < -0.4 is 9.47 Å². The predicted octanol–water partition coefficient (Wildman–Crippen LogP) is 0.0585. The summed E-state index contributed by atoms with van der Waals surface area (Å²) in [5, 5.41) is 28.5. The lowest BCUT2D eigenvalue weighted by molar-refractivity contribution is -0.228. The van der Waals surface area contributed by atoms with Crippen LogP contribution in [0.5, 0.6) is 11.5 Å². The van der Waals surface area contributed by atoms with Gasteiger partial charge in [-0.25, -0.2) is 4.79 Å². The van der Waals surface area contributed by atoms with Gasteiger partial charge in [0, 0.05) is 13.3 Å². The molecule has 138 valence electrons. The Kier molecular flexibility index (Phi) is 6.18. The molecule has 1 aliphatic heterocycles. The van der Waals surface area contributed by atoms with E-state index in [-0.39, 0.29) is 18.8 Å². The number of hydrogen-bond donors (Lipinski definition) is 3. The van der Waals surface area contributed by atoms with E-state index in [2.05, 4.69) is 0 Å². The molecule has 0 radical (unpaired) electrons. The summed E-state index contributed by atoms with van der Waals surface area (Å²) in [7, 11) is 1.41. The number of hydrogen-bond acceptors (Lipinski definition) is 8. The zero-order valence-electron chi connectivity index (χ0n) is 13.7. The number of benzene rings is 1. The fourth-order valence-corrected chi connectivity index (χ4v) is 2.34. The summed E-state index contributed by atoms with van der Waals surface area (Å²) in [5.41, 5.74) is 0.669. The quantitative estimate of drug-likeness (QED) is 0.605. The molecule has 2 rings (SSSR count). The van der Waals surface area contributed by atoms with Crippen LogP contribution in [-0.4, -0.2) is 59.0 Å². The molecule has 9 nitrogen and oxygen atoms in total. The fourth-order valence-electron chi connectivity index (χ4n) is 2.34. The second-order valence-corrected chi connectivity index (χ2v) is 5.50. The third kappa shape index (κ3) is 4.81. The second kappa shape index (κ2) is 8.15. The molecule has 0 amide bonds. The van der Waals surface area contributed by atoms with Crippen LogP contribution in [0.2, 0.25) is 0 Å². The van der Waals surface area contributed by atoms with Crippen LogP contribution in [0.15, 0.2) is 18.2 Å². The van der Waals surface area contributed by atoms with Crippen molar-refractivity contribution in [3.05, 3.63) is 23.8 Å². The molecule has 0 aromatic heterocycles. The lowest BCUT2D eigenvalue weighted by Gasteiger charge is -2.35. The third-order valence-electron chi connectivity index (χ3n) is 3.61. The van der Waals surface area contributed by atoms with Crippen LogP contribution >= 0.6 is 0 Å². The molecule has 3 N–H and O–H groups in total. The fraction of sp³-hybridized carbons (Fsp3) is 0.500. The largest absolute Gasteiger partial charge is 0.493 e. The van der Waals surface area contributed by atoms with Gasteiger partial charge < -0.3 is 34.3 Å². The van der Waals surface area contributed by atoms with Crippen LogP contribution in [0.3, 0.4) is 0 Å². The molecule has 1 fully saturated rings. The van der Waals surface area contributed by atoms with E-state index in [1.165, 1.54) is 14.0 Å². The first-order valence-electron chi connectivity index (χ1n) is 7.53. The van der Waals surface area contributed by atoms with Crippen molar-refractivity contribution >= 4 is 11.9 Å². The van der Waals surface area contributed by atoms with Crippen molar-refractivity contribution in [2.45, 2.75) is 44.6 Å². The van der Waals surface area contributed by atoms with E-state index < -0.39 is 36.5 Å². The Morgan fingerprint density at radius 2 is 2.00 bits per heavy atom. The van der Waals surface area contributed by atoms with Gasteiger partial charge in [-0.15, -0.1) is 0 Å². The van der Waals surface area contributed by atoms with Crippen LogP contribution in [0, 0.1) is 0 Å². The molecule has 0 aliphatic carbocycles. The van der Waals surface area contributed by atoms with E-state index in [0.717, 1.165) is 0 Å². The predicted molar refractivity (Wildman–Crippen MR) is 82.0 cm³/mol. The molecular formula is C16H20O9. The third-order valence-corrected chi connectivity index (χ3v) is 3.61. The van der Waals surface area contributed by atoms with E-state index in [1.54, 1.807) is 18.2 Å². The van der Waals surface area contributed by atoms with Gasteiger partial charge in [0.1, 0.15) is 12.7 Å². The van der Waals surface area contributed by atoms with E-state index in [4.69, 9.17) is 24.1 Å². The second-order valence-electron chi connectivity index (χ2n) is 5.50. The Labute approximate surface area is 143 Å². The maximum atomic E-state index is 11.1. The number of aliphatic carboxylic acids is 1. The normalized spacial score (nSPS) is 25.9. The number of methoxy groups -OCH3 is 1. The summed E-state index contributed by atoms with van der Waals surface area (Å²) >= 11 is 0. The highest BCUT2D eigenvalue weighted by atomic mass is 16.7. The van der Waals surface area contributed by atoms with Gasteiger partial charge in [0.25, 0.3) is 0 Å². The zero-order chi connectivity index (χ0) is 18.6. The standard InChI is InChI=1S/C16H20O9/c1-8(17)23-7-9-3-4-11(12(5-9)22-2)24-13-6-10(18)14(19)15(25-13)16(20)21/h3-5,10,13-15,18-19H,6-7H2,1-2H3,(H,20,21)/t10?,13?,14-,15?/m0/s1. The minimum Gasteiger partial charge on any atom is -0.493 e. The number of rotatable bonds is 6. The van der Waals surface area contributed by atoms with E-state index in [1.807, 2.05) is 0 Å². The molecule has 1 aliphatic rings. The SMILES string of the molecule is COc1cc(COC(C)=O)ccc1OC1CC(O)[C@H](O)C(C(=O)O)O1. The monoisotopic (exact) mass is 356 g/mol. The molecular weight excluding hydrogens is 336 g/mol. The van der Waals surface area contributed by atoms with Crippen LogP contribution in [0.1, 0.15) is 18.9 Å². The Bertz CT molecular complexity index is 630. The van der Waals surface area contributed by atoms with Gasteiger partial charge in [-0.2, -0.15) is 0 Å². The van der Waals surface area contributed by atoms with Crippen molar-refractivity contribution in [3.63, 3.8) is 0 Å². The topological polar surface area (TPSA) is 132 Å². The highest BCUT2D eigenvalue weighted by Crippen LogP contribution is 2.32. The average molecular weight is 356 g/mol. The van der Waals surface area contributed by atoms with Crippen LogP contribution in [-0.2, 0) is 25.7 Å². The van der Waals surface area contributed by atoms with Gasteiger partial charge in [0.05, 0.1) is 13.2 Å². The molecule has 3 unspecified atom stereocenters. The number of ether oxygens (including phenoxy) is 4. The summed E-state index contributed by atoms with van der Waals surface area (Å²) in [5.74, 6) is -1.24. The van der Waals surface area contributed by atoms with Crippen LogP contribution in [0.25, 0.3) is 0 Å². The molecule has 1 aromatic rings. The smallest absolute Gasteiger partial charge is 0.335 e. The Morgan fingerprint density at radius 3 is 2.60 bits per heavy atom. The number of esters is 1. The van der Waals surface area contributed by atoms with Crippen molar-refractivity contribution < 1.29 is 43.9 Å². The van der Waals surface area contributed by atoms with Gasteiger partial charge in [-0.05, 0) is 17.7 Å². The summed E-state index contributed by atoms with van der Waals surface area (Å²) in [6.07, 6.45) is -5.61. The number of carbonyl (C=O) groups excluding carboxylic acids is 1. The Morgan fingerprint density at radius 1 is 1.28 bits per heavy atom. The summed E-state index contributed by atoms with van der Waals surface area (Å²) in [6.45, 7) is 1.37. The Balaban J connectivity index is 2.10. The van der Waals surface area contributed by atoms with Crippen molar-refractivity contribution in [1.82, 2.24) is 0 Å². The molecule has 0 saturated carbocycles. The molecule has 25 heavy (non-hydrogen) atoms. The van der Waals surface area contributed by atoms with E-state index >= 15 is 0 Å². The summed E-state index contributed by atoms with van der Waals surface area (Å²) < 4.78 is 20.9. The molecule has 9 heteroatoms. The lowest BCUT2D eigenvalue weighted by Crippen LogP contribution is -2.53. The maximum absolute atomic E-state index is 11.1. The van der Waals surface area contributed by atoms with Crippen molar-refractivity contribution in [2.24, 2.45) is 0 Å². The summed E-state index contributed by atoms with van der Waals surface area (Å²) in [4.78, 5) is 21.9. The Hall–Kier alpha value is -2.36. The van der Waals surface area contributed by atoms with Crippen molar-refractivity contribution in [3.8, 4) is 11.5 Å².